The number of ether oxygens (including phenoxy) is 13. The van der Waals surface area contributed by atoms with Gasteiger partial charge in [-0.1, -0.05) is 0 Å². The maximum Gasteiger partial charge on any atom is 0.217 e. The first-order chi connectivity index (χ1) is 39.2. The first-order valence-electron chi connectivity index (χ1n) is 26.5. The van der Waals surface area contributed by atoms with Gasteiger partial charge in [0.25, 0.3) is 0 Å². The van der Waals surface area contributed by atoms with Crippen molar-refractivity contribution < 1.29 is 173 Å². The molecule has 37 heteroatoms. The highest BCUT2D eigenvalue weighted by atomic mass is 16.8. The van der Waals surface area contributed by atoms with Crippen LogP contribution in [0.1, 0.15) is 20.8 Å². The maximum absolute atomic E-state index is 12.8. The van der Waals surface area contributed by atoms with Crippen LogP contribution in [0.25, 0.3) is 0 Å². The van der Waals surface area contributed by atoms with Crippen LogP contribution in [0.3, 0.4) is 0 Å². The molecule has 0 aromatic heterocycles. The van der Waals surface area contributed by atoms with Gasteiger partial charge < -0.3 is 174 Å². The van der Waals surface area contributed by atoms with Gasteiger partial charge in [-0.3, -0.25) is 9.59 Å². The SMILES string of the molecule is CC(=O)N[C@@H]1[C@@H](O)[C@H](O[C@@H]2O[C@H](CO)[C@@H](O[C@@H]3O[C@H](CO[C@H]4O[C@H](CO)[C@@H](O)[C@H](O[C@H]5O[C@H](CO)[C@@H](O)[C@H](O)[C@@H]5O)[C@@H]4O)[C@@H](O)[C@H](O[C@H]4O[C@H](CO)[C@@H](O)[C@H](O)[C@@H]4O)[C@@H]3O)[C@H](O)[C@H]2NC(C)=O)[C@@H](COC2O[C@@H](C)[C@@H](O)[C@@H](O)[C@@H]2O)O[C@H]1O. The zero-order valence-corrected chi connectivity index (χ0v) is 44.5. The zero-order valence-electron chi connectivity index (χ0n) is 44.5. The van der Waals surface area contributed by atoms with Crippen LogP contribution >= 0.6 is 0 Å². The van der Waals surface area contributed by atoms with Crippen LogP contribution in [0, 0.1) is 0 Å². The smallest absolute Gasteiger partial charge is 0.217 e. The van der Waals surface area contributed by atoms with E-state index in [2.05, 4.69) is 10.6 Å². The first kappa shape index (κ1) is 68.1. The van der Waals surface area contributed by atoms with Gasteiger partial charge in [0, 0.05) is 13.8 Å². The largest absolute Gasteiger partial charge is 0.394 e. The molecule has 1 unspecified atom stereocenters. The highest BCUT2D eigenvalue weighted by Gasteiger charge is 2.58. The van der Waals surface area contributed by atoms with Gasteiger partial charge >= 0.3 is 0 Å². The van der Waals surface area contributed by atoms with Crippen molar-refractivity contribution in [2.45, 2.75) is 236 Å². The molecule has 0 bridgehead atoms. The van der Waals surface area contributed by atoms with E-state index in [0.29, 0.717) is 0 Å². The van der Waals surface area contributed by atoms with Crippen molar-refractivity contribution >= 4 is 11.8 Å². The molecule has 35 atom stereocenters. The number of hydrogen-bond acceptors (Lipinski definition) is 35. The van der Waals surface area contributed by atoms with E-state index >= 15 is 0 Å². The lowest BCUT2D eigenvalue weighted by Gasteiger charge is -2.50. The molecule has 2 amide bonds. The number of aliphatic hydroxyl groups excluding tert-OH is 20. The zero-order chi connectivity index (χ0) is 61.2. The number of carbonyl (C=O) groups is 2. The quantitative estimate of drug-likeness (QED) is 0.0538. The van der Waals surface area contributed by atoms with Crippen LogP contribution in [-0.4, -0.2) is 368 Å². The monoisotopic (exact) mass is 1220 g/mol. The molecule has 7 aliphatic heterocycles. The van der Waals surface area contributed by atoms with Crippen molar-refractivity contribution in [3.05, 3.63) is 0 Å². The Hall–Kier alpha value is -2.38. The summed E-state index contributed by atoms with van der Waals surface area (Å²) in [6.45, 7) is -2.34. The normalized spacial score (nSPS) is 50.8. The highest BCUT2D eigenvalue weighted by molar-refractivity contribution is 5.73. The average Bonchev–Trinajstić information content (AvgIpc) is 3.46. The van der Waals surface area contributed by atoms with Gasteiger partial charge in [-0.15, -0.1) is 0 Å². The molecule has 7 saturated heterocycles. The Morgan fingerprint density at radius 1 is 0.337 bits per heavy atom. The van der Waals surface area contributed by atoms with Gasteiger partial charge in [0.2, 0.25) is 11.8 Å². The van der Waals surface area contributed by atoms with E-state index in [1.165, 1.54) is 6.92 Å². The molecule has 0 aromatic rings. The molecule has 7 rings (SSSR count). The summed E-state index contributed by atoms with van der Waals surface area (Å²) in [5.74, 6) is -1.66. The summed E-state index contributed by atoms with van der Waals surface area (Å²) in [5, 5.41) is 220. The third-order valence-corrected chi connectivity index (χ3v) is 15.3. The molecule has 0 saturated carbocycles. The minimum absolute atomic E-state index is 0.760. The van der Waals surface area contributed by atoms with Gasteiger partial charge in [0.15, 0.2) is 44.0 Å². The van der Waals surface area contributed by atoms with Crippen molar-refractivity contribution in [1.82, 2.24) is 10.6 Å². The highest BCUT2D eigenvalue weighted by Crippen LogP contribution is 2.37. The summed E-state index contributed by atoms with van der Waals surface area (Å²) >= 11 is 0. The molecule has 22 N–H and O–H groups in total. The van der Waals surface area contributed by atoms with E-state index in [0.717, 1.165) is 13.8 Å². The molecule has 37 nitrogen and oxygen atoms in total. The van der Waals surface area contributed by atoms with Crippen molar-refractivity contribution in [3.63, 3.8) is 0 Å². The van der Waals surface area contributed by atoms with E-state index in [1.54, 1.807) is 0 Å². The predicted octanol–water partition coefficient (Wildman–Crippen LogP) is -15.0. The molecule has 7 fully saturated rings. The summed E-state index contributed by atoms with van der Waals surface area (Å²) in [6, 6.07) is -3.50. The molecule has 0 aromatic carbocycles. The predicted molar refractivity (Wildman–Crippen MR) is 254 cm³/mol. The Morgan fingerprint density at radius 3 is 1.20 bits per heavy atom. The fourth-order valence-electron chi connectivity index (χ4n) is 10.5. The van der Waals surface area contributed by atoms with E-state index in [1.807, 2.05) is 0 Å². The second-order valence-electron chi connectivity index (χ2n) is 21.1. The van der Waals surface area contributed by atoms with Crippen LogP contribution in [0.15, 0.2) is 0 Å². The number of hydrogen-bond donors (Lipinski definition) is 22. The minimum Gasteiger partial charge on any atom is -0.394 e. The van der Waals surface area contributed by atoms with Crippen LogP contribution in [-0.2, 0) is 71.2 Å². The molecule has 0 radical (unpaired) electrons. The molecule has 0 spiro atoms. The molecular formula is C46H78N2O35. The van der Waals surface area contributed by atoms with Crippen LogP contribution < -0.4 is 10.6 Å². The van der Waals surface area contributed by atoms with Crippen LogP contribution in [0.5, 0.6) is 0 Å². The lowest BCUT2D eigenvalue weighted by atomic mass is 9.94. The standard InChI is InChI=1S/C46H78N2O35/c1-10-21(55)28(62)31(65)42(73-10)72-9-18-37(26(60)19(40(70)74-18)47-11(2)53)80-41-20(48-12(3)54)27(61)36(16(7-52)78-41)81-46-35(69)39(83-45-33(67)30(64)23(57)14(5-50)77-45)25(59)17(79-46)8-71-43-34(68)38(24(58)15(6-51)75-43)82-44-32(66)29(63)22(56)13(4-49)76-44/h10,13-46,49-52,55-70H,4-9H2,1-3H3,(H,47,53)(H,48,54)/t10-,13+,14+,15+,16+,17+,18+,19+,20+,21+,22+,23+,24+,25+,26+,27+,28+,29-,30-,31-,32-,33-,34-,35-,36+,37+,38-,39-,40+,41-,42?,43-,44+,45+,46-/m0/s1. The number of rotatable bonds is 20. The summed E-state index contributed by atoms with van der Waals surface area (Å²) in [6.07, 6.45) is -62.9. The van der Waals surface area contributed by atoms with E-state index in [-0.39, 0.29) is 0 Å². The van der Waals surface area contributed by atoms with E-state index < -0.39 is 266 Å². The summed E-state index contributed by atoms with van der Waals surface area (Å²) in [4.78, 5) is 25.0. The van der Waals surface area contributed by atoms with Crippen molar-refractivity contribution in [2.24, 2.45) is 0 Å². The molecule has 7 heterocycles. The number of amides is 2. The van der Waals surface area contributed by atoms with Crippen LogP contribution in [0.2, 0.25) is 0 Å². The fraction of sp³-hybridized carbons (Fsp3) is 0.957. The Labute approximate surface area is 470 Å². The van der Waals surface area contributed by atoms with Gasteiger partial charge in [-0.25, -0.2) is 0 Å². The lowest BCUT2D eigenvalue weighted by Crippen LogP contribution is -2.70. The number of carbonyl (C=O) groups excluding carboxylic acids is 2. The maximum atomic E-state index is 12.8. The number of nitrogens with one attached hydrogen (secondary N) is 2. The molecule has 0 aliphatic carbocycles. The fourth-order valence-corrected chi connectivity index (χ4v) is 10.5. The van der Waals surface area contributed by atoms with Crippen molar-refractivity contribution in [2.75, 3.05) is 39.6 Å². The van der Waals surface area contributed by atoms with Gasteiger partial charge in [-0.2, -0.15) is 0 Å². The molecule has 7 aliphatic rings. The average molecular weight is 1220 g/mol. The second kappa shape index (κ2) is 29.3. The Morgan fingerprint density at radius 2 is 0.687 bits per heavy atom. The summed E-state index contributed by atoms with van der Waals surface area (Å²) < 4.78 is 74.5. The van der Waals surface area contributed by atoms with Crippen LogP contribution in [0.4, 0.5) is 0 Å². The molecular weight excluding hydrogens is 1140 g/mol. The lowest BCUT2D eigenvalue weighted by molar-refractivity contribution is -0.387. The Balaban J connectivity index is 1.14. The van der Waals surface area contributed by atoms with Gasteiger partial charge in [-0.05, 0) is 6.92 Å². The third kappa shape index (κ3) is 14.9. The van der Waals surface area contributed by atoms with Gasteiger partial charge in [0.1, 0.15) is 165 Å². The minimum atomic E-state index is -2.32. The van der Waals surface area contributed by atoms with Crippen molar-refractivity contribution in [3.8, 4) is 0 Å². The second-order valence-corrected chi connectivity index (χ2v) is 21.1. The molecule has 83 heavy (non-hydrogen) atoms. The third-order valence-electron chi connectivity index (χ3n) is 15.3. The molecule has 482 valence electrons. The van der Waals surface area contributed by atoms with E-state index in [4.69, 9.17) is 61.6 Å². The van der Waals surface area contributed by atoms with E-state index in [9.17, 15) is 112 Å². The van der Waals surface area contributed by atoms with Crippen molar-refractivity contribution in [1.29, 1.82) is 0 Å². The Bertz CT molecular complexity index is 2040. The number of aliphatic hydroxyl groups is 20. The topological polar surface area (TPSA) is 583 Å². The van der Waals surface area contributed by atoms with Gasteiger partial charge in [0.05, 0.1) is 45.7 Å². The first-order valence-corrected chi connectivity index (χ1v) is 26.5. The Kier molecular flexibility index (Phi) is 24.0. The summed E-state index contributed by atoms with van der Waals surface area (Å²) in [7, 11) is 0. The summed E-state index contributed by atoms with van der Waals surface area (Å²) in [5.41, 5.74) is 0.